The third-order valence-corrected chi connectivity index (χ3v) is 6.09. The maximum absolute atomic E-state index is 13.5. The highest BCUT2D eigenvalue weighted by molar-refractivity contribution is 5.93. The third kappa shape index (κ3) is 4.24. The number of carbonyl (C=O) groups is 2. The van der Waals surface area contributed by atoms with Gasteiger partial charge in [-0.15, -0.1) is 0 Å². The Hall–Kier alpha value is -3.41. The molecule has 1 N–H and O–H groups in total. The molecule has 1 aromatic heterocycles. The minimum absolute atomic E-state index is 0.0671. The molecule has 0 saturated carbocycles. The summed E-state index contributed by atoms with van der Waals surface area (Å²) in [4.78, 5) is 30.0. The molecule has 1 aliphatic heterocycles. The number of nitrogens with zero attached hydrogens (tertiary/aromatic N) is 3. The zero-order valence-corrected chi connectivity index (χ0v) is 18.0. The van der Waals surface area contributed by atoms with Gasteiger partial charge in [0.05, 0.1) is 5.41 Å². The Bertz CT molecular complexity index is 1050. The first-order valence-electron chi connectivity index (χ1n) is 10.6. The van der Waals surface area contributed by atoms with Gasteiger partial charge in [-0.05, 0) is 42.0 Å². The second-order valence-corrected chi connectivity index (χ2v) is 8.48. The molecular weight excluding hydrogens is 388 g/mol. The van der Waals surface area contributed by atoms with Crippen molar-refractivity contribution in [3.63, 3.8) is 0 Å². The number of hydrogen-bond acceptors (Lipinski definition) is 3. The molecule has 1 fully saturated rings. The lowest BCUT2D eigenvalue weighted by Gasteiger charge is -2.43. The first-order chi connectivity index (χ1) is 15.0. The molecule has 0 bridgehead atoms. The van der Waals surface area contributed by atoms with Gasteiger partial charge in [0.2, 0.25) is 5.91 Å². The van der Waals surface area contributed by atoms with Gasteiger partial charge in [-0.25, -0.2) is 0 Å². The number of nitrogens with one attached hydrogen (secondary N) is 1. The number of aromatic amines is 1. The fourth-order valence-electron chi connectivity index (χ4n) is 4.66. The fraction of sp³-hybridized carbons (Fsp3) is 0.320. The smallest absolute Gasteiger partial charge is 0.271 e. The van der Waals surface area contributed by atoms with Crippen LogP contribution in [0.4, 0.5) is 0 Å². The molecule has 1 atom stereocenters. The Morgan fingerprint density at radius 2 is 1.81 bits per heavy atom. The Morgan fingerprint density at radius 1 is 1.06 bits per heavy atom. The highest BCUT2D eigenvalue weighted by atomic mass is 16.2. The second-order valence-electron chi connectivity index (χ2n) is 8.48. The van der Waals surface area contributed by atoms with Crippen LogP contribution in [0.25, 0.3) is 11.1 Å². The molecule has 2 heterocycles. The van der Waals surface area contributed by atoms with Crippen molar-refractivity contribution < 1.29 is 9.59 Å². The maximum Gasteiger partial charge on any atom is 0.271 e. The quantitative estimate of drug-likeness (QED) is 0.691. The number of amides is 2. The van der Waals surface area contributed by atoms with Crippen LogP contribution in [0.2, 0.25) is 0 Å². The molecule has 2 amide bonds. The first kappa shape index (κ1) is 20.8. The van der Waals surface area contributed by atoms with Crippen LogP contribution >= 0.6 is 0 Å². The summed E-state index contributed by atoms with van der Waals surface area (Å²) in [6.07, 6.45) is 3.69. The van der Waals surface area contributed by atoms with Crippen LogP contribution in [-0.4, -0.2) is 59.0 Å². The van der Waals surface area contributed by atoms with E-state index >= 15 is 0 Å². The molecule has 6 heteroatoms. The Balaban J connectivity index is 1.70. The molecule has 1 aliphatic rings. The van der Waals surface area contributed by atoms with Crippen molar-refractivity contribution in [2.24, 2.45) is 5.41 Å². The summed E-state index contributed by atoms with van der Waals surface area (Å²) < 4.78 is 0. The molecular formula is C25H28N4O2. The van der Waals surface area contributed by atoms with Crippen LogP contribution in [0.3, 0.4) is 0 Å². The van der Waals surface area contributed by atoms with Crippen molar-refractivity contribution in [3.8, 4) is 11.1 Å². The van der Waals surface area contributed by atoms with Crippen molar-refractivity contribution >= 4 is 11.8 Å². The molecule has 2 aromatic carbocycles. The molecule has 0 unspecified atom stereocenters. The van der Waals surface area contributed by atoms with E-state index in [4.69, 9.17) is 0 Å². The van der Waals surface area contributed by atoms with Gasteiger partial charge in [0.1, 0.15) is 5.69 Å². The van der Waals surface area contributed by atoms with Gasteiger partial charge in [0.15, 0.2) is 0 Å². The second kappa shape index (κ2) is 8.76. The average molecular weight is 417 g/mol. The summed E-state index contributed by atoms with van der Waals surface area (Å²) in [6, 6.07) is 20.2. The summed E-state index contributed by atoms with van der Waals surface area (Å²) in [5.74, 6) is -0.0399. The van der Waals surface area contributed by atoms with Crippen molar-refractivity contribution in [3.05, 3.63) is 78.1 Å². The molecule has 0 radical (unpaired) electrons. The fourth-order valence-corrected chi connectivity index (χ4v) is 4.66. The zero-order chi connectivity index (χ0) is 21.8. The van der Waals surface area contributed by atoms with Gasteiger partial charge >= 0.3 is 0 Å². The van der Waals surface area contributed by atoms with Gasteiger partial charge in [-0.3, -0.25) is 14.7 Å². The zero-order valence-electron chi connectivity index (χ0n) is 18.0. The van der Waals surface area contributed by atoms with E-state index < -0.39 is 5.41 Å². The van der Waals surface area contributed by atoms with Crippen molar-refractivity contribution in [1.82, 2.24) is 20.0 Å². The highest BCUT2D eigenvalue weighted by Crippen LogP contribution is 2.38. The van der Waals surface area contributed by atoms with Crippen molar-refractivity contribution in [1.29, 1.82) is 0 Å². The number of benzene rings is 2. The minimum atomic E-state index is -0.664. The number of piperidine rings is 1. The summed E-state index contributed by atoms with van der Waals surface area (Å²) >= 11 is 0. The van der Waals surface area contributed by atoms with E-state index in [0.717, 1.165) is 29.5 Å². The molecule has 160 valence electrons. The van der Waals surface area contributed by atoms with E-state index in [-0.39, 0.29) is 11.8 Å². The number of hydrogen-bond donors (Lipinski definition) is 1. The van der Waals surface area contributed by atoms with E-state index in [9.17, 15) is 9.59 Å². The van der Waals surface area contributed by atoms with Crippen LogP contribution in [0.15, 0.2) is 66.9 Å². The standard InChI is InChI=1S/C25H28N4O2/c1-28(2)24(31)25(14-8-16-29(18-25)23(30)22-13-15-26-27-22)17-20-11-6-7-12-21(20)19-9-4-3-5-10-19/h3-7,9-13,15H,8,14,16-18H2,1-2H3,(H,26,27)/t25-/m0/s1. The van der Waals surface area contributed by atoms with Gasteiger partial charge in [-0.2, -0.15) is 5.10 Å². The number of aromatic nitrogens is 2. The largest absolute Gasteiger partial charge is 0.348 e. The third-order valence-electron chi connectivity index (χ3n) is 6.09. The van der Waals surface area contributed by atoms with Crippen LogP contribution in [-0.2, 0) is 11.2 Å². The molecule has 3 aromatic rings. The molecule has 0 spiro atoms. The van der Waals surface area contributed by atoms with Crippen molar-refractivity contribution in [2.75, 3.05) is 27.2 Å². The Labute approximate surface area is 182 Å². The van der Waals surface area contributed by atoms with E-state index in [1.165, 1.54) is 0 Å². The lowest BCUT2D eigenvalue weighted by Crippen LogP contribution is -2.54. The molecule has 0 aliphatic carbocycles. The summed E-state index contributed by atoms with van der Waals surface area (Å²) in [5, 5.41) is 6.66. The monoisotopic (exact) mass is 416 g/mol. The number of likely N-dealkylation sites (tertiary alicyclic amines) is 1. The Morgan fingerprint density at radius 3 is 2.52 bits per heavy atom. The number of rotatable bonds is 5. The van der Waals surface area contributed by atoms with Crippen LogP contribution in [0.5, 0.6) is 0 Å². The summed E-state index contributed by atoms with van der Waals surface area (Å²) in [7, 11) is 3.59. The van der Waals surface area contributed by atoms with Crippen LogP contribution in [0, 0.1) is 5.41 Å². The average Bonchev–Trinajstić information content (AvgIpc) is 3.34. The predicted octanol–water partition coefficient (Wildman–Crippen LogP) is 3.63. The Kier molecular flexibility index (Phi) is 5.89. The highest BCUT2D eigenvalue weighted by Gasteiger charge is 2.45. The first-order valence-corrected chi connectivity index (χ1v) is 10.6. The lowest BCUT2D eigenvalue weighted by atomic mass is 9.72. The van der Waals surface area contributed by atoms with E-state index in [1.807, 2.05) is 30.3 Å². The number of carbonyl (C=O) groups excluding carboxylic acids is 2. The van der Waals surface area contributed by atoms with Crippen LogP contribution in [0.1, 0.15) is 28.9 Å². The van der Waals surface area contributed by atoms with Gasteiger partial charge in [-0.1, -0.05) is 54.6 Å². The minimum Gasteiger partial charge on any atom is -0.348 e. The topological polar surface area (TPSA) is 69.3 Å². The summed E-state index contributed by atoms with van der Waals surface area (Å²) in [6.45, 7) is 1.03. The van der Waals surface area contributed by atoms with E-state index in [1.54, 1.807) is 36.2 Å². The SMILES string of the molecule is CN(C)C(=O)[C@]1(Cc2ccccc2-c2ccccc2)CCCN(C(=O)c2ccn[nH]2)C1. The van der Waals surface area contributed by atoms with Gasteiger partial charge in [0.25, 0.3) is 5.91 Å². The molecule has 4 rings (SSSR count). The van der Waals surface area contributed by atoms with Gasteiger partial charge in [0, 0.05) is 33.4 Å². The number of H-pyrrole nitrogens is 1. The summed E-state index contributed by atoms with van der Waals surface area (Å²) in [5.41, 5.74) is 3.18. The molecule has 6 nitrogen and oxygen atoms in total. The lowest BCUT2D eigenvalue weighted by molar-refractivity contribution is -0.142. The van der Waals surface area contributed by atoms with Crippen molar-refractivity contribution in [2.45, 2.75) is 19.3 Å². The van der Waals surface area contributed by atoms with Crippen LogP contribution < -0.4 is 0 Å². The predicted molar refractivity (Wildman–Crippen MR) is 120 cm³/mol. The molecule has 31 heavy (non-hydrogen) atoms. The van der Waals surface area contributed by atoms with E-state index in [2.05, 4.69) is 34.5 Å². The maximum atomic E-state index is 13.5. The normalized spacial score (nSPS) is 18.6. The molecule has 1 saturated heterocycles. The van der Waals surface area contributed by atoms with Gasteiger partial charge < -0.3 is 9.80 Å². The van der Waals surface area contributed by atoms with E-state index in [0.29, 0.717) is 25.2 Å².